The number of nitrogens with one attached hydrogen (secondary N) is 2. The van der Waals surface area contributed by atoms with Crippen molar-refractivity contribution < 1.29 is 0 Å². The molecule has 0 spiro atoms. The number of hydrogen-bond acceptors (Lipinski definition) is 4. The zero-order valence-electron chi connectivity index (χ0n) is 17.4. The van der Waals surface area contributed by atoms with E-state index >= 15 is 0 Å². The number of aromatic nitrogens is 5. The Morgan fingerprint density at radius 3 is 2.76 bits per heavy atom. The first-order chi connectivity index (χ1) is 14.2. The zero-order valence-corrected chi connectivity index (χ0v) is 17.4. The van der Waals surface area contributed by atoms with Gasteiger partial charge >= 0.3 is 0 Å². The van der Waals surface area contributed by atoms with Crippen LogP contribution in [0.5, 0.6) is 0 Å². The molecule has 0 radical (unpaired) electrons. The highest BCUT2D eigenvalue weighted by Crippen LogP contribution is 2.34. The summed E-state index contributed by atoms with van der Waals surface area (Å²) in [7, 11) is 0. The molecule has 4 aromatic rings. The molecule has 1 aliphatic rings. The Hall–Kier alpha value is -2.73. The van der Waals surface area contributed by atoms with Crippen molar-refractivity contribution >= 4 is 22.1 Å². The lowest BCUT2D eigenvalue weighted by molar-refractivity contribution is 0.169. The van der Waals surface area contributed by atoms with Gasteiger partial charge in [-0.1, -0.05) is 6.92 Å². The van der Waals surface area contributed by atoms with Gasteiger partial charge in [0.25, 0.3) is 0 Å². The maximum absolute atomic E-state index is 5.07. The molecule has 0 saturated carbocycles. The first-order valence-corrected chi connectivity index (χ1v) is 10.7. The normalized spacial score (nSPS) is 16.4. The number of likely N-dealkylation sites (tertiary alicyclic amines) is 1. The Kier molecular flexibility index (Phi) is 4.59. The SMILES string of the molecule is CCc1c(-c2ccnc3[nH]ccc23)[nH]c2cnc(C3CCN(C(C)C)CC3)nc12. The van der Waals surface area contributed by atoms with Crippen LogP contribution < -0.4 is 0 Å². The Morgan fingerprint density at radius 1 is 1.17 bits per heavy atom. The molecule has 1 aliphatic heterocycles. The molecule has 0 aromatic carbocycles. The number of aromatic amines is 2. The fourth-order valence-electron chi connectivity index (χ4n) is 4.67. The summed E-state index contributed by atoms with van der Waals surface area (Å²) in [4.78, 5) is 23.6. The third-order valence-electron chi connectivity index (χ3n) is 6.36. The molecule has 6 nitrogen and oxygen atoms in total. The van der Waals surface area contributed by atoms with E-state index < -0.39 is 0 Å². The van der Waals surface area contributed by atoms with Gasteiger partial charge in [0.05, 0.1) is 22.9 Å². The van der Waals surface area contributed by atoms with Crippen LogP contribution in [0.1, 0.15) is 50.9 Å². The van der Waals surface area contributed by atoms with E-state index in [-0.39, 0.29) is 0 Å². The number of piperidine rings is 1. The smallest absolute Gasteiger partial charge is 0.137 e. The van der Waals surface area contributed by atoms with E-state index in [4.69, 9.17) is 9.97 Å². The molecule has 6 heteroatoms. The second kappa shape index (κ2) is 7.26. The molecule has 5 heterocycles. The molecule has 150 valence electrons. The van der Waals surface area contributed by atoms with Crippen LogP contribution >= 0.6 is 0 Å². The van der Waals surface area contributed by atoms with Crippen molar-refractivity contribution in [1.29, 1.82) is 0 Å². The number of hydrogen-bond donors (Lipinski definition) is 2. The summed E-state index contributed by atoms with van der Waals surface area (Å²) in [6.07, 6.45) is 8.97. The van der Waals surface area contributed by atoms with Crippen LogP contribution in [0, 0.1) is 0 Å². The first kappa shape index (κ1) is 18.3. The Morgan fingerprint density at radius 2 is 2.00 bits per heavy atom. The van der Waals surface area contributed by atoms with Gasteiger partial charge in [-0.25, -0.2) is 15.0 Å². The van der Waals surface area contributed by atoms with Crippen molar-refractivity contribution in [2.24, 2.45) is 0 Å². The van der Waals surface area contributed by atoms with Gasteiger partial charge in [-0.05, 0) is 58.3 Å². The Labute approximate surface area is 170 Å². The molecule has 0 unspecified atom stereocenters. The fourth-order valence-corrected chi connectivity index (χ4v) is 4.67. The quantitative estimate of drug-likeness (QED) is 0.534. The van der Waals surface area contributed by atoms with Crippen molar-refractivity contribution in [2.75, 3.05) is 13.1 Å². The average molecular weight is 389 g/mol. The lowest BCUT2D eigenvalue weighted by Gasteiger charge is -2.33. The van der Waals surface area contributed by atoms with E-state index in [9.17, 15) is 0 Å². The van der Waals surface area contributed by atoms with Crippen LogP contribution in [0.4, 0.5) is 0 Å². The third-order valence-corrected chi connectivity index (χ3v) is 6.36. The Balaban J connectivity index is 1.55. The highest BCUT2D eigenvalue weighted by molar-refractivity contribution is 5.97. The molecule has 0 atom stereocenters. The summed E-state index contributed by atoms with van der Waals surface area (Å²) in [6.45, 7) is 9.01. The molecule has 29 heavy (non-hydrogen) atoms. The van der Waals surface area contributed by atoms with Crippen LogP contribution in [-0.2, 0) is 6.42 Å². The van der Waals surface area contributed by atoms with Crippen LogP contribution in [-0.4, -0.2) is 49.0 Å². The Bertz CT molecular complexity index is 1150. The molecule has 2 N–H and O–H groups in total. The van der Waals surface area contributed by atoms with Crippen LogP contribution in [0.25, 0.3) is 33.3 Å². The van der Waals surface area contributed by atoms with Gasteiger partial charge in [-0.15, -0.1) is 0 Å². The predicted molar refractivity (Wildman–Crippen MR) is 117 cm³/mol. The van der Waals surface area contributed by atoms with Gasteiger partial charge in [0, 0.05) is 40.9 Å². The monoisotopic (exact) mass is 388 g/mol. The zero-order chi connectivity index (χ0) is 20.0. The van der Waals surface area contributed by atoms with Gasteiger partial charge in [0.1, 0.15) is 11.5 Å². The van der Waals surface area contributed by atoms with Crippen molar-refractivity contribution in [3.05, 3.63) is 42.1 Å². The number of fused-ring (bicyclic) bond motifs is 2. The van der Waals surface area contributed by atoms with Crippen molar-refractivity contribution in [2.45, 2.75) is 52.0 Å². The van der Waals surface area contributed by atoms with Crippen molar-refractivity contribution in [3.63, 3.8) is 0 Å². The molecule has 1 fully saturated rings. The minimum absolute atomic E-state index is 0.453. The van der Waals surface area contributed by atoms with Gasteiger partial charge in [0.15, 0.2) is 0 Å². The summed E-state index contributed by atoms with van der Waals surface area (Å²) in [5.74, 6) is 1.46. The van der Waals surface area contributed by atoms with E-state index in [2.05, 4.69) is 52.8 Å². The van der Waals surface area contributed by atoms with E-state index in [1.54, 1.807) is 0 Å². The molecular weight excluding hydrogens is 360 g/mol. The maximum Gasteiger partial charge on any atom is 0.137 e. The van der Waals surface area contributed by atoms with E-state index in [0.29, 0.717) is 12.0 Å². The third kappa shape index (κ3) is 3.12. The van der Waals surface area contributed by atoms with Crippen molar-refractivity contribution in [1.82, 2.24) is 29.8 Å². The van der Waals surface area contributed by atoms with E-state index in [1.165, 1.54) is 5.56 Å². The first-order valence-electron chi connectivity index (χ1n) is 10.7. The minimum atomic E-state index is 0.453. The average Bonchev–Trinajstić information content (AvgIpc) is 3.37. The number of H-pyrrole nitrogens is 2. The lowest BCUT2D eigenvalue weighted by atomic mass is 9.95. The summed E-state index contributed by atoms with van der Waals surface area (Å²) in [6, 6.07) is 4.78. The van der Waals surface area contributed by atoms with Crippen LogP contribution in [0.3, 0.4) is 0 Å². The minimum Gasteiger partial charge on any atom is -0.352 e. The highest BCUT2D eigenvalue weighted by Gasteiger charge is 2.25. The second-order valence-electron chi connectivity index (χ2n) is 8.33. The summed E-state index contributed by atoms with van der Waals surface area (Å²) < 4.78 is 0. The summed E-state index contributed by atoms with van der Waals surface area (Å²) in [5.41, 5.74) is 6.55. The van der Waals surface area contributed by atoms with E-state index in [0.717, 1.165) is 71.5 Å². The fraction of sp³-hybridized carbons (Fsp3) is 0.435. The van der Waals surface area contributed by atoms with Crippen molar-refractivity contribution in [3.8, 4) is 11.3 Å². The number of rotatable bonds is 4. The molecule has 0 amide bonds. The van der Waals surface area contributed by atoms with Crippen LogP contribution in [0.15, 0.2) is 30.7 Å². The number of nitrogens with zero attached hydrogens (tertiary/aromatic N) is 4. The largest absolute Gasteiger partial charge is 0.352 e. The van der Waals surface area contributed by atoms with Crippen LogP contribution in [0.2, 0.25) is 0 Å². The molecule has 0 aliphatic carbocycles. The van der Waals surface area contributed by atoms with Gasteiger partial charge in [-0.2, -0.15) is 0 Å². The van der Waals surface area contributed by atoms with E-state index in [1.807, 2.05) is 18.6 Å². The molecule has 4 aromatic heterocycles. The van der Waals surface area contributed by atoms with Gasteiger partial charge in [-0.3, -0.25) is 0 Å². The van der Waals surface area contributed by atoms with Gasteiger partial charge < -0.3 is 14.9 Å². The lowest BCUT2D eigenvalue weighted by Crippen LogP contribution is -2.38. The number of aryl methyl sites for hydroxylation is 1. The second-order valence-corrected chi connectivity index (χ2v) is 8.33. The predicted octanol–water partition coefficient (Wildman–Crippen LogP) is 4.65. The highest BCUT2D eigenvalue weighted by atomic mass is 15.2. The standard InChI is InChI=1S/C23H28N6/c1-4-16-20(17-5-9-24-23-18(17)6-10-25-23)27-19-13-26-22(28-21(16)19)15-7-11-29(12-8-15)14(2)3/h5-6,9-10,13-15,27H,4,7-8,11-12H2,1-3H3,(H,24,25). The van der Waals surface area contributed by atoms with Gasteiger partial charge in [0.2, 0.25) is 0 Å². The summed E-state index contributed by atoms with van der Waals surface area (Å²) >= 11 is 0. The molecule has 0 bridgehead atoms. The number of pyridine rings is 1. The topological polar surface area (TPSA) is 73.5 Å². The molecule has 1 saturated heterocycles. The molecule has 5 rings (SSSR count). The maximum atomic E-state index is 5.07. The molecular formula is C23H28N6. The summed E-state index contributed by atoms with van der Waals surface area (Å²) in [5, 5.41) is 1.13.